The lowest BCUT2D eigenvalue weighted by Gasteiger charge is -2.30. The number of hydrogen-bond donors (Lipinski definition) is 2. The molecule has 0 spiro atoms. The van der Waals surface area contributed by atoms with Gasteiger partial charge in [0.05, 0.1) is 13.2 Å². The fourth-order valence-corrected chi connectivity index (χ4v) is 3.45. The predicted octanol–water partition coefficient (Wildman–Crippen LogP) is 1.87. The second-order valence-electron chi connectivity index (χ2n) is 5.91. The maximum Gasteiger partial charge on any atom is 0.189 e. The van der Waals surface area contributed by atoms with Crippen LogP contribution in [0.2, 0.25) is 0 Å². The molecule has 1 aromatic rings. The molecule has 0 bridgehead atoms. The first kappa shape index (κ1) is 14.6. The number of anilines is 1. The van der Waals surface area contributed by atoms with E-state index in [0.29, 0.717) is 26.0 Å². The number of fused-ring (bicyclic) bond motifs is 1. The monoisotopic (exact) mass is 292 g/mol. The molecule has 1 fully saturated rings. The number of nitrogens with zero attached hydrogens (tertiary/aromatic N) is 1. The number of aliphatic hydroxyl groups is 1. The molecule has 0 atom stereocenters. The largest absolute Gasteiger partial charge is 0.467 e. The molecule has 1 aliphatic carbocycles. The van der Waals surface area contributed by atoms with Crippen molar-refractivity contribution >= 4 is 5.69 Å². The fraction of sp³-hybridized carbons (Fsp3) is 0.625. The SMILES string of the molecule is Nc1cc2c(c(CN(CCO)C3CCCC3)c1)OCOC2. The van der Waals surface area contributed by atoms with Gasteiger partial charge in [-0.2, -0.15) is 0 Å². The Hall–Kier alpha value is -1.30. The second kappa shape index (κ2) is 6.64. The van der Waals surface area contributed by atoms with Crippen LogP contribution >= 0.6 is 0 Å². The van der Waals surface area contributed by atoms with Crippen LogP contribution in [-0.4, -0.2) is 36.0 Å². The molecule has 5 heteroatoms. The number of aliphatic hydroxyl groups excluding tert-OH is 1. The van der Waals surface area contributed by atoms with Crippen molar-refractivity contribution in [2.75, 3.05) is 25.7 Å². The maximum atomic E-state index is 9.35. The zero-order valence-electron chi connectivity index (χ0n) is 12.4. The van der Waals surface area contributed by atoms with E-state index in [1.807, 2.05) is 12.1 Å². The Morgan fingerprint density at radius 2 is 2.10 bits per heavy atom. The Morgan fingerprint density at radius 3 is 2.86 bits per heavy atom. The molecule has 5 nitrogen and oxygen atoms in total. The predicted molar refractivity (Wildman–Crippen MR) is 80.9 cm³/mol. The van der Waals surface area contributed by atoms with Crippen LogP contribution in [0.4, 0.5) is 5.69 Å². The van der Waals surface area contributed by atoms with E-state index in [9.17, 15) is 5.11 Å². The van der Waals surface area contributed by atoms with Crippen LogP contribution in [-0.2, 0) is 17.9 Å². The molecule has 0 saturated heterocycles. The van der Waals surface area contributed by atoms with Crippen LogP contribution in [0.15, 0.2) is 12.1 Å². The number of ether oxygens (including phenoxy) is 2. The van der Waals surface area contributed by atoms with Gasteiger partial charge in [0, 0.05) is 35.9 Å². The van der Waals surface area contributed by atoms with Gasteiger partial charge in [0.1, 0.15) is 5.75 Å². The van der Waals surface area contributed by atoms with Gasteiger partial charge in [-0.05, 0) is 25.0 Å². The molecule has 3 N–H and O–H groups in total. The van der Waals surface area contributed by atoms with Crippen molar-refractivity contribution in [2.45, 2.75) is 44.9 Å². The highest BCUT2D eigenvalue weighted by Gasteiger charge is 2.24. The minimum Gasteiger partial charge on any atom is -0.467 e. The maximum absolute atomic E-state index is 9.35. The van der Waals surface area contributed by atoms with Crippen LogP contribution in [0, 0.1) is 0 Å². The van der Waals surface area contributed by atoms with E-state index >= 15 is 0 Å². The lowest BCUT2D eigenvalue weighted by Crippen LogP contribution is -2.35. The lowest BCUT2D eigenvalue weighted by atomic mass is 10.1. The second-order valence-corrected chi connectivity index (χ2v) is 5.91. The van der Waals surface area contributed by atoms with Gasteiger partial charge in [-0.3, -0.25) is 4.90 Å². The van der Waals surface area contributed by atoms with E-state index in [4.69, 9.17) is 15.2 Å². The van der Waals surface area contributed by atoms with E-state index in [-0.39, 0.29) is 6.61 Å². The molecule has 21 heavy (non-hydrogen) atoms. The van der Waals surface area contributed by atoms with Crippen molar-refractivity contribution in [1.82, 2.24) is 4.90 Å². The van der Waals surface area contributed by atoms with Crippen molar-refractivity contribution in [2.24, 2.45) is 0 Å². The van der Waals surface area contributed by atoms with E-state index < -0.39 is 0 Å². The highest BCUT2D eigenvalue weighted by Crippen LogP contribution is 2.33. The normalized spacial score (nSPS) is 18.8. The molecule has 2 aliphatic rings. The Kier molecular flexibility index (Phi) is 4.63. The molecule has 1 aliphatic heterocycles. The summed E-state index contributed by atoms with van der Waals surface area (Å²) in [5, 5.41) is 9.35. The topological polar surface area (TPSA) is 68.0 Å². The zero-order chi connectivity index (χ0) is 14.7. The first-order valence-corrected chi connectivity index (χ1v) is 7.74. The van der Waals surface area contributed by atoms with Gasteiger partial charge in [0.2, 0.25) is 0 Å². The highest BCUT2D eigenvalue weighted by atomic mass is 16.7. The third-order valence-corrected chi connectivity index (χ3v) is 4.41. The van der Waals surface area contributed by atoms with Crippen LogP contribution in [0.1, 0.15) is 36.8 Å². The van der Waals surface area contributed by atoms with Crippen molar-refractivity contribution in [3.63, 3.8) is 0 Å². The third-order valence-electron chi connectivity index (χ3n) is 4.41. The van der Waals surface area contributed by atoms with Crippen LogP contribution < -0.4 is 10.5 Å². The summed E-state index contributed by atoms with van der Waals surface area (Å²) in [6.07, 6.45) is 5.00. The smallest absolute Gasteiger partial charge is 0.189 e. The van der Waals surface area contributed by atoms with E-state index in [2.05, 4.69) is 4.90 Å². The summed E-state index contributed by atoms with van der Waals surface area (Å²) in [5.41, 5.74) is 8.88. The molecule has 1 aromatic carbocycles. The Balaban J connectivity index is 1.82. The number of nitrogen functional groups attached to an aromatic ring is 1. The summed E-state index contributed by atoms with van der Waals surface area (Å²) in [7, 11) is 0. The lowest BCUT2D eigenvalue weighted by molar-refractivity contribution is -0.0176. The van der Waals surface area contributed by atoms with Gasteiger partial charge in [0.25, 0.3) is 0 Å². The molecular formula is C16H24N2O3. The summed E-state index contributed by atoms with van der Waals surface area (Å²) in [6.45, 7) is 2.51. The zero-order valence-corrected chi connectivity index (χ0v) is 12.4. The third kappa shape index (κ3) is 3.31. The van der Waals surface area contributed by atoms with Gasteiger partial charge < -0.3 is 20.3 Å². The first-order valence-electron chi connectivity index (χ1n) is 7.74. The molecule has 0 aromatic heterocycles. The van der Waals surface area contributed by atoms with E-state index in [0.717, 1.165) is 29.1 Å². The van der Waals surface area contributed by atoms with Gasteiger partial charge in [-0.1, -0.05) is 12.8 Å². The molecule has 0 amide bonds. The number of rotatable bonds is 5. The van der Waals surface area contributed by atoms with Crippen molar-refractivity contribution < 1.29 is 14.6 Å². The molecule has 116 valence electrons. The molecule has 3 rings (SSSR count). The van der Waals surface area contributed by atoms with Crippen LogP contribution in [0.25, 0.3) is 0 Å². The Bertz CT molecular complexity index is 487. The molecule has 1 heterocycles. The summed E-state index contributed by atoms with van der Waals surface area (Å²) >= 11 is 0. The van der Waals surface area contributed by atoms with E-state index in [1.54, 1.807) is 0 Å². The van der Waals surface area contributed by atoms with Gasteiger partial charge >= 0.3 is 0 Å². The van der Waals surface area contributed by atoms with Crippen LogP contribution in [0.3, 0.4) is 0 Å². The van der Waals surface area contributed by atoms with Gasteiger partial charge in [-0.25, -0.2) is 0 Å². The fourth-order valence-electron chi connectivity index (χ4n) is 3.45. The highest BCUT2D eigenvalue weighted by molar-refractivity contribution is 5.53. The molecule has 0 unspecified atom stereocenters. The molecule has 0 radical (unpaired) electrons. The van der Waals surface area contributed by atoms with Crippen molar-refractivity contribution in [3.8, 4) is 5.75 Å². The minimum absolute atomic E-state index is 0.185. The number of nitrogens with two attached hydrogens (primary N) is 1. The van der Waals surface area contributed by atoms with Crippen LogP contribution in [0.5, 0.6) is 5.75 Å². The summed E-state index contributed by atoms with van der Waals surface area (Å²) in [4.78, 5) is 2.36. The molecular weight excluding hydrogens is 268 g/mol. The minimum atomic E-state index is 0.185. The summed E-state index contributed by atoms with van der Waals surface area (Å²) in [5.74, 6) is 0.913. The standard InChI is InChI=1S/C16H24N2O3/c17-14-7-12(16-13(8-14)10-20-11-21-16)9-18(5-6-19)15-3-1-2-4-15/h7-8,15,19H,1-6,9-11,17H2. The summed E-state index contributed by atoms with van der Waals surface area (Å²) < 4.78 is 11.0. The first-order chi connectivity index (χ1) is 10.3. The number of benzene rings is 1. The molecule has 1 saturated carbocycles. The van der Waals surface area contributed by atoms with Crippen molar-refractivity contribution in [1.29, 1.82) is 0 Å². The average Bonchev–Trinajstić information content (AvgIpc) is 3.00. The Labute approximate surface area is 125 Å². The summed E-state index contributed by atoms with van der Waals surface area (Å²) in [6, 6.07) is 4.47. The van der Waals surface area contributed by atoms with Gasteiger partial charge in [0.15, 0.2) is 6.79 Å². The Morgan fingerprint density at radius 1 is 1.29 bits per heavy atom. The number of hydrogen-bond acceptors (Lipinski definition) is 5. The van der Waals surface area contributed by atoms with Crippen molar-refractivity contribution in [3.05, 3.63) is 23.3 Å². The van der Waals surface area contributed by atoms with E-state index in [1.165, 1.54) is 25.7 Å². The average molecular weight is 292 g/mol. The van der Waals surface area contributed by atoms with Gasteiger partial charge in [-0.15, -0.1) is 0 Å². The quantitative estimate of drug-likeness (QED) is 0.811.